The summed E-state index contributed by atoms with van der Waals surface area (Å²) in [5.41, 5.74) is 1.32. The Hall–Kier alpha value is -0.590. The third-order valence-electron chi connectivity index (χ3n) is 2.28. The minimum absolute atomic E-state index is 0.163. The lowest BCUT2D eigenvalue weighted by Crippen LogP contribution is -2.13. The van der Waals surface area contributed by atoms with E-state index in [1.807, 2.05) is 30.3 Å². The topological polar surface area (TPSA) is 29.1 Å². The van der Waals surface area contributed by atoms with Crippen LogP contribution in [-0.4, -0.2) is 5.91 Å². The van der Waals surface area contributed by atoms with Crippen LogP contribution in [0.3, 0.4) is 0 Å². The van der Waals surface area contributed by atoms with Gasteiger partial charge in [0.1, 0.15) is 0 Å². The van der Waals surface area contributed by atoms with E-state index in [9.17, 15) is 4.79 Å². The molecule has 0 saturated heterocycles. The van der Waals surface area contributed by atoms with Crippen LogP contribution in [0.5, 0.6) is 0 Å². The van der Waals surface area contributed by atoms with Crippen LogP contribution in [0, 0.1) is 3.57 Å². The summed E-state index contributed by atoms with van der Waals surface area (Å²) in [5, 5.41) is 3.38. The molecule has 2 rings (SSSR count). The van der Waals surface area contributed by atoms with E-state index in [2.05, 4.69) is 43.8 Å². The summed E-state index contributed by atoms with van der Waals surface area (Å²) in [6.45, 7) is 0. The zero-order chi connectivity index (χ0) is 13.1. The third-order valence-corrected chi connectivity index (χ3v) is 3.98. The number of halogens is 3. The summed E-state index contributed by atoms with van der Waals surface area (Å²) in [6, 6.07) is 12.7. The predicted octanol–water partition coefficient (Wildman–Crippen LogP) is 4.96. The molecule has 18 heavy (non-hydrogen) atoms. The maximum Gasteiger partial charge on any atom is 0.256 e. The summed E-state index contributed by atoms with van der Waals surface area (Å²) in [6.07, 6.45) is 0. The van der Waals surface area contributed by atoms with Crippen molar-refractivity contribution < 1.29 is 4.79 Å². The second kappa shape index (κ2) is 6.04. The van der Waals surface area contributed by atoms with Crippen molar-refractivity contribution in [2.75, 3.05) is 5.32 Å². The number of carbonyl (C=O) groups is 1. The number of benzene rings is 2. The largest absolute Gasteiger partial charge is 0.322 e. The summed E-state index contributed by atoms with van der Waals surface area (Å²) in [5.74, 6) is -0.163. The zero-order valence-corrected chi connectivity index (χ0v) is 13.6. The second-order valence-corrected chi connectivity index (χ2v) is 6.10. The molecule has 0 fully saturated rings. The van der Waals surface area contributed by atoms with E-state index in [1.54, 1.807) is 12.1 Å². The number of carbonyl (C=O) groups excluding carboxylic acids is 1. The van der Waals surface area contributed by atoms with Gasteiger partial charge in [-0.2, -0.15) is 0 Å². The maximum absolute atomic E-state index is 12.1. The lowest BCUT2D eigenvalue weighted by molar-refractivity contribution is 0.102. The molecule has 0 unspecified atom stereocenters. The number of anilines is 1. The summed E-state index contributed by atoms with van der Waals surface area (Å²) < 4.78 is 1.84. The van der Waals surface area contributed by atoms with Crippen molar-refractivity contribution in [1.82, 2.24) is 0 Å². The van der Waals surface area contributed by atoms with Crippen molar-refractivity contribution in [1.29, 1.82) is 0 Å². The van der Waals surface area contributed by atoms with Crippen LogP contribution in [-0.2, 0) is 0 Å². The van der Waals surface area contributed by atoms with Gasteiger partial charge in [0.2, 0.25) is 0 Å². The molecule has 0 atom stereocenters. The molecule has 0 spiro atoms. The smallest absolute Gasteiger partial charge is 0.256 e. The third kappa shape index (κ3) is 3.46. The van der Waals surface area contributed by atoms with Crippen molar-refractivity contribution in [3.8, 4) is 0 Å². The van der Waals surface area contributed by atoms with Gasteiger partial charge in [-0.3, -0.25) is 4.79 Å². The molecule has 5 heteroatoms. The number of nitrogens with one attached hydrogen (secondary N) is 1. The normalized spacial score (nSPS) is 10.2. The molecule has 0 aliphatic carbocycles. The lowest BCUT2D eigenvalue weighted by Gasteiger charge is -2.07. The molecule has 0 saturated carbocycles. The molecule has 0 aliphatic heterocycles. The van der Waals surface area contributed by atoms with Crippen LogP contribution >= 0.6 is 50.1 Å². The zero-order valence-electron chi connectivity index (χ0n) is 9.08. The van der Waals surface area contributed by atoms with Gasteiger partial charge in [0.05, 0.1) is 5.56 Å². The molecule has 0 heterocycles. The quantitative estimate of drug-likeness (QED) is 0.663. The van der Waals surface area contributed by atoms with E-state index in [0.717, 1.165) is 13.7 Å². The monoisotopic (exact) mass is 435 g/mol. The van der Waals surface area contributed by atoms with Crippen LogP contribution in [0.4, 0.5) is 5.69 Å². The highest BCUT2D eigenvalue weighted by Crippen LogP contribution is 2.20. The maximum atomic E-state index is 12.1. The fourth-order valence-corrected chi connectivity index (χ4v) is 2.42. The Bertz CT molecular complexity index is 586. The van der Waals surface area contributed by atoms with E-state index in [4.69, 9.17) is 11.6 Å². The van der Waals surface area contributed by atoms with Crippen molar-refractivity contribution in [3.05, 3.63) is 61.1 Å². The van der Waals surface area contributed by atoms with E-state index in [1.165, 1.54) is 0 Å². The first-order valence-electron chi connectivity index (χ1n) is 5.08. The van der Waals surface area contributed by atoms with E-state index in [0.29, 0.717) is 10.6 Å². The van der Waals surface area contributed by atoms with Gasteiger partial charge in [0.25, 0.3) is 5.91 Å². The highest BCUT2D eigenvalue weighted by Gasteiger charge is 2.10. The SMILES string of the molecule is O=C(Nc1ccc(Br)cc1)c1cc(Cl)ccc1I. The minimum atomic E-state index is -0.163. The molecular weight excluding hydrogens is 428 g/mol. The molecular formula is C13H8BrClINO. The van der Waals surface area contributed by atoms with E-state index in [-0.39, 0.29) is 5.91 Å². The van der Waals surface area contributed by atoms with Crippen LogP contribution in [0.1, 0.15) is 10.4 Å². The van der Waals surface area contributed by atoms with Crippen molar-refractivity contribution in [2.24, 2.45) is 0 Å². The van der Waals surface area contributed by atoms with Gasteiger partial charge in [0.15, 0.2) is 0 Å². The molecule has 2 aromatic rings. The fraction of sp³-hybridized carbons (Fsp3) is 0. The Morgan fingerprint density at radius 3 is 2.50 bits per heavy atom. The minimum Gasteiger partial charge on any atom is -0.322 e. The highest BCUT2D eigenvalue weighted by molar-refractivity contribution is 14.1. The number of hydrogen-bond donors (Lipinski definition) is 1. The van der Waals surface area contributed by atoms with E-state index < -0.39 is 0 Å². The summed E-state index contributed by atoms with van der Waals surface area (Å²) in [7, 11) is 0. The van der Waals surface area contributed by atoms with Gasteiger partial charge in [0, 0.05) is 18.8 Å². The number of rotatable bonds is 2. The van der Waals surface area contributed by atoms with Gasteiger partial charge >= 0.3 is 0 Å². The Morgan fingerprint density at radius 2 is 1.83 bits per heavy atom. The molecule has 0 aliphatic rings. The summed E-state index contributed by atoms with van der Waals surface area (Å²) >= 11 is 11.4. The van der Waals surface area contributed by atoms with Crippen LogP contribution in [0.2, 0.25) is 5.02 Å². The first-order valence-corrected chi connectivity index (χ1v) is 7.33. The van der Waals surface area contributed by atoms with Gasteiger partial charge in [-0.15, -0.1) is 0 Å². The van der Waals surface area contributed by atoms with Gasteiger partial charge in [-0.1, -0.05) is 27.5 Å². The van der Waals surface area contributed by atoms with Crippen LogP contribution in [0.25, 0.3) is 0 Å². The Balaban J connectivity index is 2.21. The van der Waals surface area contributed by atoms with Gasteiger partial charge in [-0.25, -0.2) is 0 Å². The number of hydrogen-bond acceptors (Lipinski definition) is 1. The Morgan fingerprint density at radius 1 is 1.17 bits per heavy atom. The first-order chi connectivity index (χ1) is 8.56. The predicted molar refractivity (Wildman–Crippen MR) is 86.3 cm³/mol. The van der Waals surface area contributed by atoms with Crippen LogP contribution < -0.4 is 5.32 Å². The van der Waals surface area contributed by atoms with E-state index >= 15 is 0 Å². The first kappa shape index (κ1) is 13.8. The van der Waals surface area contributed by atoms with Crippen LogP contribution in [0.15, 0.2) is 46.9 Å². The summed E-state index contributed by atoms with van der Waals surface area (Å²) in [4.78, 5) is 12.1. The molecule has 1 N–H and O–H groups in total. The van der Waals surface area contributed by atoms with Crippen molar-refractivity contribution in [3.63, 3.8) is 0 Å². The van der Waals surface area contributed by atoms with Crippen molar-refractivity contribution in [2.45, 2.75) is 0 Å². The van der Waals surface area contributed by atoms with Gasteiger partial charge in [-0.05, 0) is 65.1 Å². The lowest BCUT2D eigenvalue weighted by atomic mass is 10.2. The fourth-order valence-electron chi connectivity index (χ4n) is 1.40. The highest BCUT2D eigenvalue weighted by atomic mass is 127. The molecule has 2 aromatic carbocycles. The average Bonchev–Trinajstić information content (AvgIpc) is 2.35. The molecule has 2 nitrogen and oxygen atoms in total. The average molecular weight is 436 g/mol. The standard InChI is InChI=1S/C13H8BrClINO/c14-8-1-4-10(5-2-8)17-13(18)11-7-9(15)3-6-12(11)16/h1-7H,(H,17,18). The molecule has 0 radical (unpaired) electrons. The molecule has 92 valence electrons. The number of amides is 1. The van der Waals surface area contributed by atoms with Gasteiger partial charge < -0.3 is 5.32 Å². The van der Waals surface area contributed by atoms with Crippen molar-refractivity contribution >= 4 is 61.7 Å². The molecule has 0 bridgehead atoms. The Kier molecular flexibility index (Phi) is 4.64. The molecule has 0 aromatic heterocycles. The second-order valence-electron chi connectivity index (χ2n) is 3.59. The Labute approximate surface area is 132 Å². The molecule has 1 amide bonds.